The number of benzene rings is 1. The van der Waals surface area contributed by atoms with Gasteiger partial charge in [0.1, 0.15) is 15.7 Å². The normalized spacial score (nSPS) is 12.2. The smallest absolute Gasteiger partial charge is 0.261 e. The molecule has 0 fully saturated rings. The van der Waals surface area contributed by atoms with E-state index in [-0.39, 0.29) is 23.4 Å². The van der Waals surface area contributed by atoms with E-state index in [0.717, 1.165) is 12.3 Å². The number of rotatable bonds is 5. The molecule has 1 aromatic carbocycles. The van der Waals surface area contributed by atoms with Gasteiger partial charge in [0.25, 0.3) is 15.0 Å². The van der Waals surface area contributed by atoms with E-state index in [1.54, 1.807) is 0 Å². The standard InChI is InChI=1S/C11H13ClFNO5S2/c1-7-9(11(15)14-3-4-20(2,16)17)5-8(13)6-10(7)21(12,18)19/h5-6H,3-4H2,1-2H3,(H,14,15). The molecule has 0 spiro atoms. The van der Waals surface area contributed by atoms with E-state index >= 15 is 0 Å². The van der Waals surface area contributed by atoms with Crippen molar-refractivity contribution < 1.29 is 26.0 Å². The fourth-order valence-electron chi connectivity index (χ4n) is 1.59. The molecule has 1 rings (SSSR count). The molecule has 0 aliphatic rings. The molecular weight excluding hydrogens is 345 g/mol. The molecule has 6 nitrogen and oxygen atoms in total. The summed E-state index contributed by atoms with van der Waals surface area (Å²) in [6.07, 6.45) is 1.00. The lowest BCUT2D eigenvalue weighted by atomic mass is 10.1. The Kier molecular flexibility index (Phi) is 5.35. The first kappa shape index (κ1) is 17.9. The minimum Gasteiger partial charge on any atom is -0.351 e. The number of carbonyl (C=O) groups excluding carboxylic acids is 1. The van der Waals surface area contributed by atoms with E-state index in [1.165, 1.54) is 6.92 Å². The van der Waals surface area contributed by atoms with Crippen LogP contribution >= 0.6 is 10.7 Å². The van der Waals surface area contributed by atoms with Gasteiger partial charge in [0, 0.05) is 29.0 Å². The van der Waals surface area contributed by atoms with E-state index < -0.39 is 35.5 Å². The molecule has 0 aliphatic heterocycles. The maximum atomic E-state index is 13.4. The quantitative estimate of drug-likeness (QED) is 0.787. The third-order valence-electron chi connectivity index (χ3n) is 2.59. The topological polar surface area (TPSA) is 97.4 Å². The van der Waals surface area contributed by atoms with Crippen molar-refractivity contribution in [2.24, 2.45) is 0 Å². The summed E-state index contributed by atoms with van der Waals surface area (Å²) >= 11 is 0. The average molecular weight is 358 g/mol. The molecule has 1 amide bonds. The van der Waals surface area contributed by atoms with Crippen molar-refractivity contribution in [3.8, 4) is 0 Å². The van der Waals surface area contributed by atoms with Crippen molar-refractivity contribution in [1.29, 1.82) is 0 Å². The van der Waals surface area contributed by atoms with Crippen molar-refractivity contribution in [2.45, 2.75) is 11.8 Å². The SMILES string of the molecule is Cc1c(C(=O)NCCS(C)(=O)=O)cc(F)cc1S(=O)(=O)Cl. The molecule has 0 aromatic heterocycles. The number of hydrogen-bond acceptors (Lipinski definition) is 5. The number of halogens is 2. The summed E-state index contributed by atoms with van der Waals surface area (Å²) in [7, 11) is -2.29. The Bertz CT molecular complexity index is 774. The van der Waals surface area contributed by atoms with Crippen LogP contribution in [0.1, 0.15) is 15.9 Å². The highest BCUT2D eigenvalue weighted by molar-refractivity contribution is 8.13. The molecule has 0 unspecified atom stereocenters. The first-order valence-corrected chi connectivity index (χ1v) is 9.99. The van der Waals surface area contributed by atoms with E-state index in [1.807, 2.05) is 0 Å². The zero-order valence-corrected chi connectivity index (χ0v) is 13.6. The Morgan fingerprint density at radius 1 is 1.29 bits per heavy atom. The lowest BCUT2D eigenvalue weighted by Crippen LogP contribution is -2.29. The number of hydrogen-bond donors (Lipinski definition) is 1. The molecule has 0 bridgehead atoms. The average Bonchev–Trinajstić information content (AvgIpc) is 2.28. The molecular formula is C11H13ClFNO5S2. The van der Waals surface area contributed by atoms with Gasteiger partial charge in [0.2, 0.25) is 0 Å². The lowest BCUT2D eigenvalue weighted by molar-refractivity contribution is 0.0955. The third kappa shape index (κ3) is 5.25. The van der Waals surface area contributed by atoms with Gasteiger partial charge >= 0.3 is 0 Å². The summed E-state index contributed by atoms with van der Waals surface area (Å²) in [5.41, 5.74) is -0.231. The molecule has 1 N–H and O–H groups in total. The molecule has 1 aromatic rings. The van der Waals surface area contributed by atoms with Crippen molar-refractivity contribution in [3.63, 3.8) is 0 Å². The van der Waals surface area contributed by atoms with Crippen LogP contribution in [-0.4, -0.2) is 41.3 Å². The van der Waals surface area contributed by atoms with E-state index in [9.17, 15) is 26.0 Å². The second-order valence-electron chi connectivity index (χ2n) is 4.40. The molecule has 0 saturated heterocycles. The second-order valence-corrected chi connectivity index (χ2v) is 9.19. The predicted octanol–water partition coefficient (Wildman–Crippen LogP) is 0.836. The molecule has 0 aliphatic carbocycles. The van der Waals surface area contributed by atoms with Crippen LogP contribution in [0, 0.1) is 12.7 Å². The zero-order chi connectivity index (χ0) is 16.4. The summed E-state index contributed by atoms with van der Waals surface area (Å²) in [6.45, 7) is 1.14. The first-order chi connectivity index (χ1) is 9.42. The molecule has 0 radical (unpaired) electrons. The molecule has 10 heteroatoms. The highest BCUT2D eigenvalue weighted by atomic mass is 35.7. The molecule has 21 heavy (non-hydrogen) atoms. The lowest BCUT2D eigenvalue weighted by Gasteiger charge is -2.10. The Morgan fingerprint density at radius 2 is 1.86 bits per heavy atom. The predicted molar refractivity (Wildman–Crippen MR) is 76.2 cm³/mol. The fourth-order valence-corrected chi connectivity index (χ4v) is 3.27. The van der Waals surface area contributed by atoms with Crippen LogP contribution in [-0.2, 0) is 18.9 Å². The monoisotopic (exact) mass is 357 g/mol. The van der Waals surface area contributed by atoms with Gasteiger partial charge in [-0.25, -0.2) is 21.2 Å². The summed E-state index contributed by atoms with van der Waals surface area (Å²) in [5, 5.41) is 2.28. The molecule has 118 valence electrons. The summed E-state index contributed by atoms with van der Waals surface area (Å²) < 4.78 is 57.9. The Balaban J connectivity index is 3.08. The first-order valence-electron chi connectivity index (χ1n) is 5.62. The third-order valence-corrected chi connectivity index (χ3v) is 4.98. The summed E-state index contributed by atoms with van der Waals surface area (Å²) in [4.78, 5) is 11.4. The highest BCUT2D eigenvalue weighted by Gasteiger charge is 2.21. The van der Waals surface area contributed by atoms with Crippen LogP contribution in [0.4, 0.5) is 4.39 Å². The minimum absolute atomic E-state index is 0.0109. The van der Waals surface area contributed by atoms with E-state index in [2.05, 4.69) is 5.32 Å². The number of nitrogens with one attached hydrogen (secondary N) is 1. The number of amides is 1. The van der Waals surface area contributed by atoms with Gasteiger partial charge in [0.15, 0.2) is 0 Å². The second kappa shape index (κ2) is 6.29. The van der Waals surface area contributed by atoms with Crippen LogP contribution in [0.3, 0.4) is 0 Å². The summed E-state index contributed by atoms with van der Waals surface area (Å²) in [6, 6.07) is 1.57. The van der Waals surface area contributed by atoms with Gasteiger partial charge in [-0.3, -0.25) is 4.79 Å². The fraction of sp³-hybridized carbons (Fsp3) is 0.364. The van der Waals surface area contributed by atoms with Crippen molar-refractivity contribution in [2.75, 3.05) is 18.6 Å². The minimum atomic E-state index is -4.20. The maximum Gasteiger partial charge on any atom is 0.261 e. The van der Waals surface area contributed by atoms with Gasteiger partial charge in [-0.1, -0.05) is 0 Å². The molecule has 0 atom stereocenters. The highest BCUT2D eigenvalue weighted by Crippen LogP contribution is 2.24. The van der Waals surface area contributed by atoms with Gasteiger partial charge in [0.05, 0.1) is 10.6 Å². The number of sulfone groups is 1. The summed E-state index contributed by atoms with van der Waals surface area (Å²) in [5.74, 6) is -2.00. The van der Waals surface area contributed by atoms with Crippen LogP contribution < -0.4 is 5.32 Å². The van der Waals surface area contributed by atoms with E-state index in [4.69, 9.17) is 10.7 Å². The van der Waals surface area contributed by atoms with Crippen LogP contribution in [0.25, 0.3) is 0 Å². The Labute approximate surface area is 126 Å². The maximum absolute atomic E-state index is 13.4. The van der Waals surface area contributed by atoms with Crippen LogP contribution in [0.2, 0.25) is 0 Å². The Morgan fingerprint density at radius 3 is 2.33 bits per heavy atom. The van der Waals surface area contributed by atoms with Crippen LogP contribution in [0.5, 0.6) is 0 Å². The van der Waals surface area contributed by atoms with Gasteiger partial charge < -0.3 is 5.32 Å². The zero-order valence-electron chi connectivity index (χ0n) is 11.2. The van der Waals surface area contributed by atoms with Gasteiger partial charge in [-0.15, -0.1) is 0 Å². The van der Waals surface area contributed by atoms with Crippen molar-refractivity contribution in [3.05, 3.63) is 29.1 Å². The largest absolute Gasteiger partial charge is 0.351 e. The van der Waals surface area contributed by atoms with Crippen LogP contribution in [0.15, 0.2) is 17.0 Å². The molecule has 0 heterocycles. The van der Waals surface area contributed by atoms with E-state index in [0.29, 0.717) is 6.07 Å². The Hall–Kier alpha value is -1.19. The number of carbonyl (C=O) groups is 1. The molecule has 0 saturated carbocycles. The van der Waals surface area contributed by atoms with Gasteiger partial charge in [-0.2, -0.15) is 0 Å². The van der Waals surface area contributed by atoms with Crippen molar-refractivity contribution in [1.82, 2.24) is 5.32 Å². The van der Waals surface area contributed by atoms with Crippen molar-refractivity contribution >= 4 is 35.5 Å². The van der Waals surface area contributed by atoms with Gasteiger partial charge in [-0.05, 0) is 24.6 Å².